The summed E-state index contributed by atoms with van der Waals surface area (Å²) in [6.45, 7) is 0. The van der Waals surface area contributed by atoms with Gasteiger partial charge in [0.05, 0.1) is 11.1 Å². The van der Waals surface area contributed by atoms with E-state index in [1.165, 1.54) is 6.07 Å². The highest BCUT2D eigenvalue weighted by molar-refractivity contribution is 9.10. The third kappa shape index (κ3) is 4.00. The number of carbonyl (C=O) groups excluding carboxylic acids is 1. The fraction of sp³-hybridized carbons (Fsp3) is 0.500. The lowest BCUT2D eigenvalue weighted by Gasteiger charge is -2.20. The van der Waals surface area contributed by atoms with Crippen LogP contribution in [0.1, 0.15) is 35.2 Å². The number of halogens is 5. The molecule has 0 spiro atoms. The lowest BCUT2D eigenvalue weighted by atomic mass is 10.0. The lowest BCUT2D eigenvalue weighted by molar-refractivity contribution is -0.137. The zero-order chi connectivity index (χ0) is 15.6. The summed E-state index contributed by atoms with van der Waals surface area (Å²) in [4.78, 5) is 12.2. The van der Waals surface area contributed by atoms with Gasteiger partial charge in [0.15, 0.2) is 0 Å². The van der Waals surface area contributed by atoms with Gasteiger partial charge in [0.1, 0.15) is 0 Å². The molecule has 0 radical (unpaired) electrons. The summed E-state index contributed by atoms with van der Waals surface area (Å²) in [5, 5.41) is 3.63. The van der Waals surface area contributed by atoms with E-state index in [-0.39, 0.29) is 11.6 Å². The van der Waals surface area contributed by atoms with Gasteiger partial charge >= 0.3 is 6.18 Å². The Labute approximate surface area is 137 Å². The monoisotopic (exact) mass is 427 g/mol. The van der Waals surface area contributed by atoms with Gasteiger partial charge in [-0.2, -0.15) is 13.2 Å². The summed E-state index contributed by atoms with van der Waals surface area (Å²) in [5.41, 5.74) is -0.802. The lowest BCUT2D eigenvalue weighted by Crippen LogP contribution is -2.38. The Bertz CT molecular complexity index is 533. The Balaban J connectivity index is 2.19. The van der Waals surface area contributed by atoms with Crippen LogP contribution in [-0.4, -0.2) is 17.3 Å². The largest absolute Gasteiger partial charge is 0.416 e. The molecule has 1 aliphatic carbocycles. The molecular formula is C14H14Br2F3NO. The normalized spacial score (nSPS) is 22.3. The quantitative estimate of drug-likeness (QED) is 0.691. The van der Waals surface area contributed by atoms with Crippen molar-refractivity contribution in [3.8, 4) is 0 Å². The third-order valence-corrected chi connectivity index (χ3v) is 5.24. The first-order chi connectivity index (χ1) is 9.82. The Morgan fingerprint density at radius 2 is 2.05 bits per heavy atom. The Hall–Kier alpha value is -0.560. The van der Waals surface area contributed by atoms with Gasteiger partial charge in [0.25, 0.3) is 5.91 Å². The van der Waals surface area contributed by atoms with Crippen molar-refractivity contribution in [2.75, 3.05) is 5.33 Å². The highest BCUT2D eigenvalue weighted by atomic mass is 79.9. The number of benzene rings is 1. The van der Waals surface area contributed by atoms with Gasteiger partial charge in [0, 0.05) is 15.8 Å². The minimum absolute atomic E-state index is 0.0123. The molecule has 1 amide bonds. The summed E-state index contributed by atoms with van der Waals surface area (Å²) in [5.74, 6) is -0.135. The van der Waals surface area contributed by atoms with Crippen molar-refractivity contribution in [3.05, 3.63) is 33.8 Å². The molecule has 2 nitrogen and oxygen atoms in total. The molecule has 1 aromatic carbocycles. The Morgan fingerprint density at radius 1 is 1.33 bits per heavy atom. The number of carbonyl (C=O) groups is 1. The second-order valence-electron chi connectivity index (χ2n) is 5.12. The summed E-state index contributed by atoms with van der Waals surface area (Å²) in [6, 6.07) is 3.11. The van der Waals surface area contributed by atoms with Crippen molar-refractivity contribution >= 4 is 37.8 Å². The van der Waals surface area contributed by atoms with Crippen LogP contribution in [0.15, 0.2) is 22.7 Å². The molecule has 116 valence electrons. The van der Waals surface area contributed by atoms with Gasteiger partial charge in [-0.15, -0.1) is 0 Å². The van der Waals surface area contributed by atoms with Gasteiger partial charge in [-0.1, -0.05) is 22.4 Å². The number of alkyl halides is 4. The SMILES string of the molecule is O=C(NC1CCCC1CBr)c1cc(C(F)(F)F)ccc1Br. The smallest absolute Gasteiger partial charge is 0.349 e. The van der Waals surface area contributed by atoms with Crippen LogP contribution in [0.5, 0.6) is 0 Å². The second kappa shape index (κ2) is 6.69. The molecule has 0 saturated heterocycles. The van der Waals surface area contributed by atoms with E-state index >= 15 is 0 Å². The predicted octanol–water partition coefficient (Wildman–Crippen LogP) is 4.76. The second-order valence-corrected chi connectivity index (χ2v) is 6.62. The van der Waals surface area contributed by atoms with E-state index in [0.717, 1.165) is 36.7 Å². The molecule has 0 bridgehead atoms. The van der Waals surface area contributed by atoms with E-state index in [4.69, 9.17) is 0 Å². The molecule has 1 saturated carbocycles. The maximum Gasteiger partial charge on any atom is 0.416 e. The van der Waals surface area contributed by atoms with Crippen molar-refractivity contribution in [2.24, 2.45) is 5.92 Å². The number of hydrogen-bond donors (Lipinski definition) is 1. The molecule has 0 aliphatic heterocycles. The van der Waals surface area contributed by atoms with Crippen molar-refractivity contribution < 1.29 is 18.0 Å². The standard InChI is InChI=1S/C14H14Br2F3NO/c15-7-8-2-1-3-12(8)20-13(21)10-6-9(14(17,18)19)4-5-11(10)16/h4-6,8,12H,1-3,7H2,(H,20,21). The number of rotatable bonds is 3. The van der Waals surface area contributed by atoms with Crippen molar-refractivity contribution in [1.29, 1.82) is 0 Å². The zero-order valence-electron chi connectivity index (χ0n) is 11.0. The number of amides is 1. The first-order valence-electron chi connectivity index (χ1n) is 6.56. The fourth-order valence-corrected chi connectivity index (χ4v) is 3.73. The van der Waals surface area contributed by atoms with E-state index in [9.17, 15) is 18.0 Å². The molecule has 1 fully saturated rings. The average Bonchev–Trinajstić information content (AvgIpc) is 2.84. The molecule has 1 aromatic rings. The maximum atomic E-state index is 12.7. The van der Waals surface area contributed by atoms with Crippen molar-refractivity contribution in [3.63, 3.8) is 0 Å². The van der Waals surface area contributed by atoms with E-state index in [2.05, 4.69) is 37.2 Å². The third-order valence-electron chi connectivity index (χ3n) is 3.71. The maximum absolute atomic E-state index is 12.7. The molecule has 2 rings (SSSR count). The van der Waals surface area contributed by atoms with Crippen LogP contribution in [0, 0.1) is 5.92 Å². The molecule has 0 aromatic heterocycles. The van der Waals surface area contributed by atoms with Crippen LogP contribution < -0.4 is 5.32 Å². The predicted molar refractivity (Wildman–Crippen MR) is 81.5 cm³/mol. The molecule has 2 atom stereocenters. The number of hydrogen-bond acceptors (Lipinski definition) is 1. The zero-order valence-corrected chi connectivity index (χ0v) is 14.2. The van der Waals surface area contributed by atoms with Crippen LogP contribution in [0.4, 0.5) is 13.2 Å². The van der Waals surface area contributed by atoms with Gasteiger partial charge in [-0.05, 0) is 52.9 Å². The molecule has 0 heterocycles. The first-order valence-corrected chi connectivity index (χ1v) is 8.48. The van der Waals surface area contributed by atoms with Gasteiger partial charge in [0.2, 0.25) is 0 Å². The van der Waals surface area contributed by atoms with Gasteiger partial charge in [-0.3, -0.25) is 4.79 Å². The van der Waals surface area contributed by atoms with E-state index < -0.39 is 17.6 Å². The van der Waals surface area contributed by atoms with Crippen LogP contribution in [0.2, 0.25) is 0 Å². The van der Waals surface area contributed by atoms with E-state index in [1.54, 1.807) is 0 Å². The Kier molecular flexibility index (Phi) is 5.35. The molecule has 1 N–H and O–H groups in total. The molecule has 2 unspecified atom stereocenters. The van der Waals surface area contributed by atoms with Crippen LogP contribution >= 0.6 is 31.9 Å². The van der Waals surface area contributed by atoms with E-state index in [1.807, 2.05) is 0 Å². The summed E-state index contributed by atoms with van der Waals surface area (Å²) < 4.78 is 38.6. The molecule has 1 aliphatic rings. The summed E-state index contributed by atoms with van der Waals surface area (Å²) >= 11 is 6.55. The highest BCUT2D eigenvalue weighted by Gasteiger charge is 2.32. The minimum atomic E-state index is -4.46. The average molecular weight is 429 g/mol. The van der Waals surface area contributed by atoms with Gasteiger partial charge in [-0.25, -0.2) is 0 Å². The van der Waals surface area contributed by atoms with E-state index in [0.29, 0.717) is 10.4 Å². The topological polar surface area (TPSA) is 29.1 Å². The van der Waals surface area contributed by atoms with Crippen LogP contribution in [-0.2, 0) is 6.18 Å². The highest BCUT2D eigenvalue weighted by Crippen LogP contribution is 2.32. The van der Waals surface area contributed by atoms with Crippen LogP contribution in [0.25, 0.3) is 0 Å². The summed E-state index contributed by atoms with van der Waals surface area (Å²) in [6.07, 6.45) is -1.56. The van der Waals surface area contributed by atoms with Crippen molar-refractivity contribution in [1.82, 2.24) is 5.32 Å². The Morgan fingerprint density at radius 3 is 2.67 bits per heavy atom. The number of nitrogens with one attached hydrogen (secondary N) is 1. The van der Waals surface area contributed by atoms with Gasteiger partial charge < -0.3 is 5.32 Å². The molecule has 21 heavy (non-hydrogen) atoms. The first kappa shape index (κ1) is 16.8. The fourth-order valence-electron chi connectivity index (χ4n) is 2.53. The molecular weight excluding hydrogens is 415 g/mol. The summed E-state index contributed by atoms with van der Waals surface area (Å²) in [7, 11) is 0. The molecule has 7 heteroatoms. The van der Waals surface area contributed by atoms with Crippen LogP contribution in [0.3, 0.4) is 0 Å². The minimum Gasteiger partial charge on any atom is -0.349 e. The van der Waals surface area contributed by atoms with Crippen molar-refractivity contribution in [2.45, 2.75) is 31.5 Å².